The Kier molecular flexibility index (Phi) is 3.15. The van der Waals surface area contributed by atoms with Gasteiger partial charge in [-0.3, -0.25) is 0 Å². The first-order valence-electron chi connectivity index (χ1n) is 5.11. The van der Waals surface area contributed by atoms with E-state index in [1.807, 2.05) is 35.8 Å². The highest BCUT2D eigenvalue weighted by Gasteiger charge is 2.08. The van der Waals surface area contributed by atoms with Crippen LogP contribution in [0.2, 0.25) is 5.28 Å². The van der Waals surface area contributed by atoms with E-state index in [4.69, 9.17) is 16.3 Å². The molecule has 2 aromatic rings. The van der Waals surface area contributed by atoms with E-state index in [1.165, 1.54) is 0 Å². The average molecular weight is 237 g/mol. The molecule has 0 aliphatic carbocycles. The van der Waals surface area contributed by atoms with Gasteiger partial charge in [0.1, 0.15) is 5.75 Å². The Balaban J connectivity index is 2.42. The lowest BCUT2D eigenvalue weighted by atomic mass is 10.1. The predicted molar refractivity (Wildman–Crippen MR) is 64.9 cm³/mol. The minimum atomic E-state index is 0.522. The highest BCUT2D eigenvalue weighted by Crippen LogP contribution is 2.24. The number of methoxy groups -OCH3 is 1. The summed E-state index contributed by atoms with van der Waals surface area (Å²) in [5.41, 5.74) is 2.11. The van der Waals surface area contributed by atoms with Crippen molar-refractivity contribution in [2.75, 3.05) is 7.11 Å². The maximum absolute atomic E-state index is 5.98. The fourth-order valence-electron chi connectivity index (χ4n) is 1.65. The third-order valence-corrected chi connectivity index (χ3v) is 2.81. The Morgan fingerprint density at radius 1 is 1.31 bits per heavy atom. The van der Waals surface area contributed by atoms with Crippen molar-refractivity contribution in [3.63, 3.8) is 0 Å². The van der Waals surface area contributed by atoms with Gasteiger partial charge in [0, 0.05) is 12.1 Å². The third-order valence-electron chi connectivity index (χ3n) is 2.51. The summed E-state index contributed by atoms with van der Waals surface area (Å²) in [6.07, 6.45) is 1.79. The van der Waals surface area contributed by atoms with Gasteiger partial charge in [-0.1, -0.05) is 0 Å². The van der Waals surface area contributed by atoms with E-state index in [0.29, 0.717) is 5.28 Å². The van der Waals surface area contributed by atoms with Crippen molar-refractivity contribution in [1.82, 2.24) is 9.55 Å². The molecule has 0 aliphatic rings. The van der Waals surface area contributed by atoms with Crippen LogP contribution in [0.5, 0.6) is 5.75 Å². The number of benzene rings is 1. The molecule has 0 saturated carbocycles. The van der Waals surface area contributed by atoms with Crippen LogP contribution in [0.4, 0.5) is 0 Å². The maximum atomic E-state index is 5.98. The Hall–Kier alpha value is -1.48. The lowest BCUT2D eigenvalue weighted by Crippen LogP contribution is -1.96. The van der Waals surface area contributed by atoms with Crippen LogP contribution in [-0.2, 0) is 6.54 Å². The predicted octanol–water partition coefficient (Wildman–Crippen LogP) is 3.23. The summed E-state index contributed by atoms with van der Waals surface area (Å²) in [5, 5.41) is 0.522. The van der Waals surface area contributed by atoms with Gasteiger partial charge in [0.05, 0.1) is 19.0 Å². The molecule has 0 bridgehead atoms. The molecule has 84 valence electrons. The molecule has 0 unspecified atom stereocenters. The van der Waals surface area contributed by atoms with Gasteiger partial charge in [0.2, 0.25) is 5.28 Å². The molecule has 2 rings (SSSR count). The monoisotopic (exact) mass is 236 g/mol. The summed E-state index contributed by atoms with van der Waals surface area (Å²) in [6, 6.07) is 7.85. The van der Waals surface area contributed by atoms with E-state index in [1.54, 1.807) is 13.3 Å². The molecule has 0 amide bonds. The number of ether oxygens (including phenoxy) is 1. The normalized spacial score (nSPS) is 10.4. The second kappa shape index (κ2) is 4.58. The first kappa shape index (κ1) is 11.0. The van der Waals surface area contributed by atoms with Crippen molar-refractivity contribution < 1.29 is 4.74 Å². The smallest absolute Gasteiger partial charge is 0.203 e. The molecule has 16 heavy (non-hydrogen) atoms. The second-order valence-electron chi connectivity index (χ2n) is 3.39. The molecule has 1 heterocycles. The standard InChI is InChI=1S/C12H13ClN2O/c1-3-15-11(8-14-12(15)13)9-4-6-10(16-2)7-5-9/h4-8H,3H2,1-2H3. The van der Waals surface area contributed by atoms with Crippen LogP contribution in [0.1, 0.15) is 6.92 Å². The zero-order valence-electron chi connectivity index (χ0n) is 9.27. The number of rotatable bonds is 3. The number of imidazole rings is 1. The van der Waals surface area contributed by atoms with Crippen LogP contribution in [0.15, 0.2) is 30.5 Å². The molecule has 1 aromatic heterocycles. The van der Waals surface area contributed by atoms with Crippen LogP contribution < -0.4 is 4.74 Å². The van der Waals surface area contributed by atoms with Crippen LogP contribution >= 0.6 is 11.6 Å². The van der Waals surface area contributed by atoms with E-state index in [0.717, 1.165) is 23.6 Å². The Labute approximate surface area is 99.6 Å². The van der Waals surface area contributed by atoms with Gasteiger partial charge in [0.15, 0.2) is 0 Å². The van der Waals surface area contributed by atoms with Crippen molar-refractivity contribution in [3.05, 3.63) is 35.7 Å². The average Bonchev–Trinajstić information content (AvgIpc) is 2.70. The zero-order chi connectivity index (χ0) is 11.5. The summed E-state index contributed by atoms with van der Waals surface area (Å²) in [7, 11) is 1.65. The molecule has 3 nitrogen and oxygen atoms in total. The van der Waals surface area contributed by atoms with Gasteiger partial charge in [-0.05, 0) is 42.8 Å². The van der Waals surface area contributed by atoms with E-state index >= 15 is 0 Å². The van der Waals surface area contributed by atoms with E-state index in [-0.39, 0.29) is 0 Å². The summed E-state index contributed by atoms with van der Waals surface area (Å²) >= 11 is 5.98. The van der Waals surface area contributed by atoms with Crippen LogP contribution in [0, 0.1) is 0 Å². The fourth-order valence-corrected chi connectivity index (χ4v) is 1.91. The molecule has 1 aromatic carbocycles. The molecule has 0 radical (unpaired) electrons. The van der Waals surface area contributed by atoms with Crippen molar-refractivity contribution in [1.29, 1.82) is 0 Å². The quantitative estimate of drug-likeness (QED) is 0.818. The molecular formula is C12H13ClN2O. The highest BCUT2D eigenvalue weighted by atomic mass is 35.5. The fraction of sp³-hybridized carbons (Fsp3) is 0.250. The first-order valence-corrected chi connectivity index (χ1v) is 5.49. The van der Waals surface area contributed by atoms with Crippen molar-refractivity contribution in [2.45, 2.75) is 13.5 Å². The Bertz CT molecular complexity index is 476. The van der Waals surface area contributed by atoms with Crippen LogP contribution in [-0.4, -0.2) is 16.7 Å². The minimum absolute atomic E-state index is 0.522. The molecule has 4 heteroatoms. The van der Waals surface area contributed by atoms with Crippen molar-refractivity contribution >= 4 is 11.6 Å². The molecule has 0 aliphatic heterocycles. The molecular weight excluding hydrogens is 224 g/mol. The van der Waals surface area contributed by atoms with E-state index in [9.17, 15) is 0 Å². The van der Waals surface area contributed by atoms with Crippen LogP contribution in [0.3, 0.4) is 0 Å². The molecule has 0 spiro atoms. The van der Waals surface area contributed by atoms with Gasteiger partial charge >= 0.3 is 0 Å². The molecule has 0 saturated heterocycles. The second-order valence-corrected chi connectivity index (χ2v) is 3.72. The van der Waals surface area contributed by atoms with E-state index in [2.05, 4.69) is 4.98 Å². The third kappa shape index (κ3) is 1.91. The Morgan fingerprint density at radius 3 is 2.56 bits per heavy atom. The largest absolute Gasteiger partial charge is 0.497 e. The highest BCUT2D eigenvalue weighted by molar-refractivity contribution is 6.28. The lowest BCUT2D eigenvalue weighted by molar-refractivity contribution is 0.415. The maximum Gasteiger partial charge on any atom is 0.203 e. The zero-order valence-corrected chi connectivity index (χ0v) is 10.0. The summed E-state index contributed by atoms with van der Waals surface area (Å²) in [5.74, 6) is 0.845. The van der Waals surface area contributed by atoms with Crippen LogP contribution in [0.25, 0.3) is 11.3 Å². The molecule has 0 atom stereocenters. The van der Waals surface area contributed by atoms with Gasteiger partial charge in [-0.15, -0.1) is 0 Å². The number of halogens is 1. The van der Waals surface area contributed by atoms with Gasteiger partial charge < -0.3 is 9.30 Å². The number of aromatic nitrogens is 2. The first-order chi connectivity index (χ1) is 7.76. The molecule has 0 N–H and O–H groups in total. The SMILES string of the molecule is CCn1c(-c2ccc(OC)cc2)cnc1Cl. The number of hydrogen-bond donors (Lipinski definition) is 0. The lowest BCUT2D eigenvalue weighted by Gasteiger charge is -2.07. The van der Waals surface area contributed by atoms with Gasteiger partial charge in [-0.25, -0.2) is 4.98 Å². The number of nitrogens with zero attached hydrogens (tertiary/aromatic N) is 2. The summed E-state index contributed by atoms with van der Waals surface area (Å²) < 4.78 is 7.08. The van der Waals surface area contributed by atoms with E-state index < -0.39 is 0 Å². The van der Waals surface area contributed by atoms with Crippen molar-refractivity contribution in [2.24, 2.45) is 0 Å². The number of hydrogen-bond acceptors (Lipinski definition) is 2. The summed E-state index contributed by atoms with van der Waals surface area (Å²) in [6.45, 7) is 2.85. The van der Waals surface area contributed by atoms with Crippen molar-refractivity contribution in [3.8, 4) is 17.0 Å². The molecule has 0 fully saturated rings. The van der Waals surface area contributed by atoms with Gasteiger partial charge in [0.25, 0.3) is 0 Å². The summed E-state index contributed by atoms with van der Waals surface area (Å²) in [4.78, 5) is 4.10. The van der Waals surface area contributed by atoms with Gasteiger partial charge in [-0.2, -0.15) is 0 Å². The Morgan fingerprint density at radius 2 is 2.00 bits per heavy atom. The topological polar surface area (TPSA) is 27.1 Å². The minimum Gasteiger partial charge on any atom is -0.497 e.